The van der Waals surface area contributed by atoms with Crippen molar-refractivity contribution in [1.29, 1.82) is 0 Å². The van der Waals surface area contributed by atoms with Crippen LogP contribution in [0.5, 0.6) is 0 Å². The summed E-state index contributed by atoms with van der Waals surface area (Å²) in [4.78, 5) is 5.28. The zero-order chi connectivity index (χ0) is 11.7. The van der Waals surface area contributed by atoms with Crippen LogP contribution in [-0.2, 0) is 6.54 Å². The molecule has 0 aliphatic carbocycles. The molecule has 2 nitrogen and oxygen atoms in total. The first kappa shape index (κ1) is 12.6. The summed E-state index contributed by atoms with van der Waals surface area (Å²) in [5, 5.41) is 0. The van der Waals surface area contributed by atoms with Crippen LogP contribution >= 0.6 is 27.3 Å². The highest BCUT2D eigenvalue weighted by atomic mass is 79.9. The van der Waals surface area contributed by atoms with Gasteiger partial charge in [0.25, 0.3) is 0 Å². The molecule has 2 unspecified atom stereocenters. The summed E-state index contributed by atoms with van der Waals surface area (Å²) in [7, 11) is 0. The van der Waals surface area contributed by atoms with E-state index in [1.807, 2.05) is 11.3 Å². The molecule has 1 aromatic heterocycles. The lowest BCUT2D eigenvalue weighted by Gasteiger charge is -2.34. The monoisotopic (exact) mass is 302 g/mol. The third-order valence-corrected chi connectivity index (χ3v) is 5.18. The van der Waals surface area contributed by atoms with Crippen LogP contribution < -0.4 is 5.73 Å². The van der Waals surface area contributed by atoms with Crippen LogP contribution in [0.4, 0.5) is 0 Å². The van der Waals surface area contributed by atoms with E-state index in [-0.39, 0.29) is 0 Å². The lowest BCUT2D eigenvalue weighted by atomic mass is 9.97. The van der Waals surface area contributed by atoms with E-state index in [1.165, 1.54) is 27.2 Å². The average Bonchev–Trinajstić information content (AvgIpc) is 2.43. The molecule has 1 fully saturated rings. The second-order valence-corrected chi connectivity index (χ2v) is 7.11. The molecular formula is C12H19BrN2S. The van der Waals surface area contributed by atoms with E-state index in [9.17, 15) is 0 Å². The summed E-state index contributed by atoms with van der Waals surface area (Å²) in [5.41, 5.74) is 6.06. The number of rotatable bonds is 2. The zero-order valence-electron chi connectivity index (χ0n) is 9.87. The van der Waals surface area contributed by atoms with E-state index in [0.29, 0.717) is 6.04 Å². The first-order chi connectivity index (χ1) is 7.54. The van der Waals surface area contributed by atoms with E-state index in [2.05, 4.69) is 40.7 Å². The fraction of sp³-hybridized carbons (Fsp3) is 0.667. The first-order valence-electron chi connectivity index (χ1n) is 5.77. The van der Waals surface area contributed by atoms with Crippen LogP contribution in [0.25, 0.3) is 0 Å². The van der Waals surface area contributed by atoms with Crippen LogP contribution in [0.1, 0.15) is 23.1 Å². The van der Waals surface area contributed by atoms with Crippen LogP contribution in [0.15, 0.2) is 10.5 Å². The first-order valence-corrected chi connectivity index (χ1v) is 7.38. The summed E-state index contributed by atoms with van der Waals surface area (Å²) < 4.78 is 1.24. The third kappa shape index (κ3) is 3.06. The number of halogens is 1. The van der Waals surface area contributed by atoms with Gasteiger partial charge in [-0.15, -0.1) is 11.3 Å². The standard InChI is InChI=1S/C12H19BrN2S/c1-8-3-10(14)6-15(5-8)7-11-4-12(13)9(2)16-11/h4,8,10H,3,5-7,14H2,1-2H3. The minimum Gasteiger partial charge on any atom is -0.327 e. The maximum Gasteiger partial charge on any atom is 0.0329 e. The van der Waals surface area contributed by atoms with E-state index < -0.39 is 0 Å². The van der Waals surface area contributed by atoms with E-state index in [1.54, 1.807) is 0 Å². The minimum absolute atomic E-state index is 0.355. The molecule has 0 amide bonds. The zero-order valence-corrected chi connectivity index (χ0v) is 12.3. The Morgan fingerprint density at radius 1 is 1.56 bits per heavy atom. The van der Waals surface area contributed by atoms with Crippen molar-refractivity contribution in [1.82, 2.24) is 4.90 Å². The summed E-state index contributed by atoms with van der Waals surface area (Å²) in [5.74, 6) is 0.730. The van der Waals surface area contributed by atoms with Gasteiger partial charge in [-0.2, -0.15) is 0 Å². The number of nitrogens with two attached hydrogens (primary N) is 1. The quantitative estimate of drug-likeness (QED) is 0.910. The van der Waals surface area contributed by atoms with Gasteiger partial charge in [-0.1, -0.05) is 6.92 Å². The SMILES string of the molecule is Cc1sc(CN2CC(C)CC(N)C2)cc1Br. The molecule has 2 atom stereocenters. The van der Waals surface area contributed by atoms with Crippen LogP contribution in [0.2, 0.25) is 0 Å². The van der Waals surface area contributed by atoms with Gasteiger partial charge in [-0.05, 0) is 41.3 Å². The molecule has 0 radical (unpaired) electrons. The molecule has 1 saturated heterocycles. The Kier molecular flexibility index (Phi) is 4.06. The van der Waals surface area contributed by atoms with Crippen LogP contribution in [0.3, 0.4) is 0 Å². The maximum atomic E-state index is 6.06. The van der Waals surface area contributed by atoms with Gasteiger partial charge in [0.05, 0.1) is 0 Å². The van der Waals surface area contributed by atoms with E-state index in [4.69, 9.17) is 5.73 Å². The highest BCUT2D eigenvalue weighted by molar-refractivity contribution is 9.10. The molecule has 1 aliphatic heterocycles. The van der Waals surface area contributed by atoms with Crippen molar-refractivity contribution in [3.05, 3.63) is 20.3 Å². The normalized spacial score (nSPS) is 27.2. The Hall–Kier alpha value is 0.100. The van der Waals surface area contributed by atoms with E-state index in [0.717, 1.165) is 19.0 Å². The number of thiophene rings is 1. The van der Waals surface area contributed by atoms with Gasteiger partial charge >= 0.3 is 0 Å². The number of nitrogens with zero attached hydrogens (tertiary/aromatic N) is 1. The Morgan fingerprint density at radius 3 is 2.88 bits per heavy atom. The molecular weight excluding hydrogens is 284 g/mol. The van der Waals surface area contributed by atoms with Gasteiger partial charge in [0.15, 0.2) is 0 Å². The van der Waals surface area contributed by atoms with Gasteiger partial charge in [0.2, 0.25) is 0 Å². The molecule has 1 aromatic rings. The highest BCUT2D eigenvalue weighted by Gasteiger charge is 2.22. The van der Waals surface area contributed by atoms with Gasteiger partial charge in [0.1, 0.15) is 0 Å². The Bertz CT molecular complexity index is 334. The summed E-state index contributed by atoms with van der Waals surface area (Å²) in [6, 6.07) is 2.60. The summed E-state index contributed by atoms with van der Waals surface area (Å²) in [6.45, 7) is 7.72. The average molecular weight is 303 g/mol. The molecule has 90 valence electrons. The molecule has 0 aromatic carbocycles. The van der Waals surface area contributed by atoms with Crippen LogP contribution in [0, 0.1) is 12.8 Å². The van der Waals surface area contributed by atoms with E-state index >= 15 is 0 Å². The van der Waals surface area contributed by atoms with Crippen molar-refractivity contribution in [3.63, 3.8) is 0 Å². The fourth-order valence-corrected chi connectivity index (χ4v) is 4.10. The topological polar surface area (TPSA) is 29.3 Å². The number of piperidine rings is 1. The lowest BCUT2D eigenvalue weighted by Crippen LogP contribution is -2.45. The molecule has 16 heavy (non-hydrogen) atoms. The van der Waals surface area contributed by atoms with Crippen molar-refractivity contribution in [3.8, 4) is 0 Å². The second kappa shape index (κ2) is 5.17. The van der Waals surface area contributed by atoms with Gasteiger partial charge in [-0.25, -0.2) is 0 Å². The number of aryl methyl sites for hydroxylation is 1. The second-order valence-electron chi connectivity index (χ2n) is 4.91. The van der Waals surface area contributed by atoms with Crippen molar-refractivity contribution in [2.75, 3.05) is 13.1 Å². The van der Waals surface area contributed by atoms with Crippen molar-refractivity contribution < 1.29 is 0 Å². The van der Waals surface area contributed by atoms with Gasteiger partial charge < -0.3 is 5.73 Å². The Morgan fingerprint density at radius 2 is 2.31 bits per heavy atom. The number of likely N-dealkylation sites (tertiary alicyclic amines) is 1. The highest BCUT2D eigenvalue weighted by Crippen LogP contribution is 2.28. The molecule has 2 N–H and O–H groups in total. The van der Waals surface area contributed by atoms with Crippen molar-refractivity contribution in [2.24, 2.45) is 11.7 Å². The van der Waals surface area contributed by atoms with Crippen LogP contribution in [-0.4, -0.2) is 24.0 Å². The van der Waals surface area contributed by atoms with Gasteiger partial charge in [0, 0.05) is 39.9 Å². The Labute approximate surface area is 110 Å². The lowest BCUT2D eigenvalue weighted by molar-refractivity contribution is 0.159. The molecule has 1 aliphatic rings. The minimum atomic E-state index is 0.355. The third-order valence-electron chi connectivity index (χ3n) is 3.06. The predicted octanol–water partition coefficient (Wildman–Crippen LogP) is 2.99. The fourth-order valence-electron chi connectivity index (χ4n) is 2.46. The molecule has 2 heterocycles. The smallest absolute Gasteiger partial charge is 0.0329 e. The van der Waals surface area contributed by atoms with Crippen molar-refractivity contribution >= 4 is 27.3 Å². The molecule has 0 saturated carbocycles. The van der Waals surface area contributed by atoms with Crippen molar-refractivity contribution in [2.45, 2.75) is 32.9 Å². The molecule has 0 spiro atoms. The number of hydrogen-bond donors (Lipinski definition) is 1. The largest absolute Gasteiger partial charge is 0.327 e. The number of hydrogen-bond acceptors (Lipinski definition) is 3. The molecule has 0 bridgehead atoms. The van der Waals surface area contributed by atoms with Gasteiger partial charge in [-0.3, -0.25) is 4.90 Å². The molecule has 4 heteroatoms. The maximum absolute atomic E-state index is 6.06. The Balaban J connectivity index is 1.98. The summed E-state index contributed by atoms with van der Waals surface area (Å²) in [6.07, 6.45) is 1.17. The predicted molar refractivity (Wildman–Crippen MR) is 73.8 cm³/mol. The molecule has 2 rings (SSSR count). The summed E-state index contributed by atoms with van der Waals surface area (Å²) >= 11 is 5.45.